The fraction of sp³-hybridized carbons (Fsp3) is 0.250. The Balaban J connectivity index is 2.28. The molecule has 0 fully saturated rings. The van der Waals surface area contributed by atoms with Gasteiger partial charge >= 0.3 is 6.09 Å². The van der Waals surface area contributed by atoms with E-state index in [0.29, 0.717) is 6.29 Å². The van der Waals surface area contributed by atoms with Crippen molar-refractivity contribution in [3.05, 3.63) is 57.9 Å². The molecule has 0 aromatic heterocycles. The number of nitrogens with zero attached hydrogens (tertiary/aromatic N) is 1. The van der Waals surface area contributed by atoms with Crippen LogP contribution in [0.3, 0.4) is 0 Å². The molecule has 0 saturated carbocycles. The molecule has 0 aliphatic carbocycles. The maximum Gasteiger partial charge on any atom is 0.407 e. The highest BCUT2D eigenvalue weighted by Crippen LogP contribution is 2.32. The van der Waals surface area contributed by atoms with Gasteiger partial charge in [0.15, 0.2) is 17.9 Å². The summed E-state index contributed by atoms with van der Waals surface area (Å²) in [5.41, 5.74) is -0.409. The number of amides is 1. The standard InChI is InChI=1S/C20H18ClFN2O4/c1-20(2,3)28-19(26)24-10-13-4-5-14(11-25)18(17(13)22)27-16-7-12(9-23)6-15(21)8-16/h4-8,11H,10H2,1-3H3,(H,24,26). The second kappa shape index (κ2) is 8.72. The van der Waals surface area contributed by atoms with Crippen molar-refractivity contribution in [1.29, 1.82) is 5.26 Å². The molecule has 0 heterocycles. The monoisotopic (exact) mass is 404 g/mol. The topological polar surface area (TPSA) is 88.4 Å². The zero-order chi connectivity index (χ0) is 20.9. The molecule has 6 nitrogen and oxygen atoms in total. The van der Waals surface area contributed by atoms with Crippen LogP contribution in [0.15, 0.2) is 30.3 Å². The number of hydrogen-bond acceptors (Lipinski definition) is 5. The number of nitrogens with one attached hydrogen (secondary N) is 1. The molecule has 2 aromatic rings. The Morgan fingerprint density at radius 2 is 2.04 bits per heavy atom. The number of carbonyl (C=O) groups is 2. The molecule has 0 unspecified atom stereocenters. The maximum atomic E-state index is 14.9. The number of carbonyl (C=O) groups excluding carboxylic acids is 2. The predicted octanol–water partition coefficient (Wildman–Crippen LogP) is 4.98. The minimum atomic E-state index is -0.820. The number of halogens is 2. The Morgan fingerprint density at radius 3 is 2.64 bits per heavy atom. The smallest absolute Gasteiger partial charge is 0.407 e. The van der Waals surface area contributed by atoms with Gasteiger partial charge in [0.1, 0.15) is 11.4 Å². The van der Waals surface area contributed by atoms with E-state index in [1.807, 2.05) is 6.07 Å². The van der Waals surface area contributed by atoms with Gasteiger partial charge in [0.05, 0.1) is 17.2 Å². The van der Waals surface area contributed by atoms with Crippen molar-refractivity contribution in [1.82, 2.24) is 5.32 Å². The summed E-state index contributed by atoms with van der Waals surface area (Å²) in [7, 11) is 0. The Hall–Kier alpha value is -3.11. The Labute approximate surface area is 166 Å². The Bertz CT molecular complexity index is 948. The molecule has 0 atom stereocenters. The lowest BCUT2D eigenvalue weighted by atomic mass is 10.1. The largest absolute Gasteiger partial charge is 0.453 e. The summed E-state index contributed by atoms with van der Waals surface area (Å²) in [5.74, 6) is -1.05. The predicted molar refractivity (Wildman–Crippen MR) is 101 cm³/mol. The SMILES string of the molecule is CC(C)(C)OC(=O)NCc1ccc(C=O)c(Oc2cc(Cl)cc(C#N)c2)c1F. The van der Waals surface area contributed by atoms with Gasteiger partial charge in [0.25, 0.3) is 0 Å². The highest BCUT2D eigenvalue weighted by Gasteiger charge is 2.19. The van der Waals surface area contributed by atoms with Gasteiger partial charge in [-0.05, 0) is 45.0 Å². The maximum absolute atomic E-state index is 14.9. The van der Waals surface area contributed by atoms with E-state index in [4.69, 9.17) is 26.3 Å². The number of alkyl carbamates (subject to hydrolysis) is 1. The third-order valence-electron chi connectivity index (χ3n) is 3.38. The molecule has 1 amide bonds. The number of hydrogen-bond donors (Lipinski definition) is 1. The molecule has 146 valence electrons. The van der Waals surface area contributed by atoms with Crippen molar-refractivity contribution < 1.29 is 23.5 Å². The second-order valence-corrected chi connectivity index (χ2v) is 7.26. The quantitative estimate of drug-likeness (QED) is 0.710. The molecule has 28 heavy (non-hydrogen) atoms. The lowest BCUT2D eigenvalue weighted by Crippen LogP contribution is -2.32. The molecule has 0 radical (unpaired) electrons. The lowest BCUT2D eigenvalue weighted by Gasteiger charge is -2.20. The van der Waals surface area contributed by atoms with Crippen molar-refractivity contribution in [2.24, 2.45) is 0 Å². The normalized spacial score (nSPS) is 10.7. The van der Waals surface area contributed by atoms with Crippen LogP contribution in [-0.4, -0.2) is 18.0 Å². The van der Waals surface area contributed by atoms with Gasteiger partial charge in [-0.3, -0.25) is 4.79 Å². The van der Waals surface area contributed by atoms with Gasteiger partial charge < -0.3 is 14.8 Å². The second-order valence-electron chi connectivity index (χ2n) is 6.82. The number of rotatable bonds is 5. The van der Waals surface area contributed by atoms with E-state index >= 15 is 0 Å². The van der Waals surface area contributed by atoms with Gasteiger partial charge in [-0.25, -0.2) is 9.18 Å². The van der Waals surface area contributed by atoms with Crippen molar-refractivity contribution in [3.63, 3.8) is 0 Å². The zero-order valence-corrected chi connectivity index (χ0v) is 16.3. The first-order valence-electron chi connectivity index (χ1n) is 8.25. The van der Waals surface area contributed by atoms with E-state index in [1.54, 1.807) is 20.8 Å². The number of benzene rings is 2. The number of aldehydes is 1. The van der Waals surface area contributed by atoms with E-state index in [-0.39, 0.29) is 39.8 Å². The van der Waals surface area contributed by atoms with E-state index < -0.39 is 17.5 Å². The van der Waals surface area contributed by atoms with Gasteiger partial charge in [0, 0.05) is 17.1 Å². The van der Waals surface area contributed by atoms with Crippen LogP contribution in [0.2, 0.25) is 5.02 Å². The van der Waals surface area contributed by atoms with Gasteiger partial charge in [-0.1, -0.05) is 17.7 Å². The van der Waals surface area contributed by atoms with Crippen LogP contribution in [0.1, 0.15) is 42.3 Å². The molecule has 2 rings (SSSR count). The summed E-state index contributed by atoms with van der Waals surface area (Å²) >= 11 is 5.92. The highest BCUT2D eigenvalue weighted by molar-refractivity contribution is 6.30. The third-order valence-corrected chi connectivity index (χ3v) is 3.60. The summed E-state index contributed by atoms with van der Waals surface area (Å²) in [6, 6.07) is 8.82. The number of ether oxygens (including phenoxy) is 2. The van der Waals surface area contributed by atoms with Crippen LogP contribution in [0.5, 0.6) is 11.5 Å². The summed E-state index contributed by atoms with van der Waals surface area (Å²) in [5, 5.41) is 11.7. The van der Waals surface area contributed by atoms with Crippen LogP contribution >= 0.6 is 11.6 Å². The zero-order valence-electron chi connectivity index (χ0n) is 15.5. The van der Waals surface area contributed by atoms with Crippen molar-refractivity contribution >= 4 is 24.0 Å². The van der Waals surface area contributed by atoms with E-state index in [1.165, 1.54) is 30.3 Å². The van der Waals surface area contributed by atoms with E-state index in [0.717, 1.165) is 0 Å². The minimum Gasteiger partial charge on any atom is -0.453 e. The highest BCUT2D eigenvalue weighted by atomic mass is 35.5. The van der Waals surface area contributed by atoms with Crippen LogP contribution in [0.25, 0.3) is 0 Å². The molecular weight excluding hydrogens is 387 g/mol. The van der Waals surface area contributed by atoms with Crippen molar-refractivity contribution in [2.45, 2.75) is 32.9 Å². The summed E-state index contributed by atoms with van der Waals surface area (Å²) in [6.07, 6.45) is -0.262. The molecule has 0 spiro atoms. The fourth-order valence-electron chi connectivity index (χ4n) is 2.23. The van der Waals surface area contributed by atoms with Crippen LogP contribution in [0, 0.1) is 17.1 Å². The Morgan fingerprint density at radius 1 is 1.32 bits per heavy atom. The van der Waals surface area contributed by atoms with E-state index in [9.17, 15) is 14.0 Å². The molecule has 0 saturated heterocycles. The first-order chi connectivity index (χ1) is 13.1. The van der Waals surface area contributed by atoms with Crippen LogP contribution in [0.4, 0.5) is 9.18 Å². The lowest BCUT2D eigenvalue weighted by molar-refractivity contribution is 0.0523. The van der Waals surface area contributed by atoms with Gasteiger partial charge in [-0.2, -0.15) is 5.26 Å². The summed E-state index contributed by atoms with van der Waals surface area (Å²) in [6.45, 7) is 4.95. The van der Waals surface area contributed by atoms with Gasteiger partial charge in [0.2, 0.25) is 0 Å². The first-order valence-corrected chi connectivity index (χ1v) is 8.62. The molecule has 2 aromatic carbocycles. The van der Waals surface area contributed by atoms with Gasteiger partial charge in [-0.15, -0.1) is 0 Å². The molecular formula is C20H18ClFN2O4. The molecule has 0 bridgehead atoms. The number of nitriles is 1. The average Bonchev–Trinajstić information content (AvgIpc) is 2.60. The van der Waals surface area contributed by atoms with Crippen molar-refractivity contribution in [3.8, 4) is 17.6 Å². The molecule has 1 N–H and O–H groups in total. The average molecular weight is 405 g/mol. The summed E-state index contributed by atoms with van der Waals surface area (Å²) < 4.78 is 25.5. The third kappa shape index (κ3) is 5.69. The molecule has 8 heteroatoms. The molecule has 0 aliphatic rings. The van der Waals surface area contributed by atoms with Crippen molar-refractivity contribution in [2.75, 3.05) is 0 Å². The summed E-state index contributed by atoms with van der Waals surface area (Å²) in [4.78, 5) is 23.0. The minimum absolute atomic E-state index is 0.0306. The molecule has 0 aliphatic heterocycles. The fourth-order valence-corrected chi connectivity index (χ4v) is 2.46. The van der Waals surface area contributed by atoms with E-state index in [2.05, 4.69) is 5.32 Å². The Kier molecular flexibility index (Phi) is 6.60. The van der Waals surface area contributed by atoms with Crippen LogP contribution in [-0.2, 0) is 11.3 Å². The first kappa shape index (κ1) is 21.2. The van der Waals surface area contributed by atoms with Crippen LogP contribution < -0.4 is 10.1 Å².